The molecule has 30 heavy (non-hydrogen) atoms. The Kier molecular flexibility index (Phi) is 7.45. The van der Waals surface area contributed by atoms with Gasteiger partial charge in [-0.15, -0.1) is 0 Å². The summed E-state index contributed by atoms with van der Waals surface area (Å²) in [4.78, 5) is 33.9. The summed E-state index contributed by atoms with van der Waals surface area (Å²) in [7, 11) is 1.21. The van der Waals surface area contributed by atoms with Gasteiger partial charge in [0.15, 0.2) is 12.4 Å². The first-order valence-electron chi connectivity index (χ1n) is 8.79. The Hall–Kier alpha value is -3.95. The molecule has 2 rings (SSSR count). The molecule has 0 heterocycles. The number of benzene rings is 2. The highest BCUT2D eigenvalue weighted by atomic mass is 16.6. The van der Waals surface area contributed by atoms with Gasteiger partial charge in [0.1, 0.15) is 5.75 Å². The zero-order valence-corrected chi connectivity index (χ0v) is 16.9. The first kappa shape index (κ1) is 22.3. The number of rotatable bonds is 8. The van der Waals surface area contributed by atoms with Gasteiger partial charge in [0.2, 0.25) is 5.75 Å². The fourth-order valence-electron chi connectivity index (χ4n) is 2.66. The number of nitro benzene ring substituents is 1. The number of nitrogens with one attached hydrogen (secondary N) is 1. The molecule has 0 fully saturated rings. The molecular formula is C20H21N3O7. The lowest BCUT2D eigenvalue weighted by molar-refractivity contribution is -0.385. The third-order valence-corrected chi connectivity index (χ3v) is 3.92. The number of methoxy groups -OCH3 is 1. The third kappa shape index (κ3) is 5.53. The molecule has 1 N–H and O–H groups in total. The summed E-state index contributed by atoms with van der Waals surface area (Å²) in [6, 6.07) is 8.27. The molecule has 0 aliphatic carbocycles. The molecule has 0 aliphatic heterocycles. The second kappa shape index (κ2) is 10.0. The van der Waals surface area contributed by atoms with Gasteiger partial charge in [-0.3, -0.25) is 19.7 Å². The number of hydrogen-bond donors (Lipinski definition) is 1. The molecule has 0 saturated heterocycles. The van der Waals surface area contributed by atoms with E-state index in [4.69, 9.17) is 14.2 Å². The standard InChI is InChI=1S/C20H21N3O7/c1-12-6-5-7-13(2)19(12)29-11-17(25)22-21-10-15-8-9-16(30-14(3)24)20(28-4)18(15)23(26)27/h5-10H,11H2,1-4H3,(H,22,25). The summed E-state index contributed by atoms with van der Waals surface area (Å²) in [5.74, 6) is -0.915. The Bertz CT molecular complexity index is 982. The zero-order valence-electron chi connectivity index (χ0n) is 16.9. The SMILES string of the molecule is COc1c(OC(C)=O)ccc(C=NNC(=O)COc2c(C)cccc2C)c1[N+](=O)[O-]. The van der Waals surface area contributed by atoms with Gasteiger partial charge >= 0.3 is 11.7 Å². The van der Waals surface area contributed by atoms with Crippen molar-refractivity contribution < 1.29 is 28.7 Å². The molecule has 2 aromatic carbocycles. The Balaban J connectivity index is 2.12. The summed E-state index contributed by atoms with van der Waals surface area (Å²) in [6.07, 6.45) is 1.09. The highest BCUT2D eigenvalue weighted by molar-refractivity contribution is 5.90. The highest BCUT2D eigenvalue weighted by Crippen LogP contribution is 2.39. The van der Waals surface area contributed by atoms with Crippen LogP contribution in [0.4, 0.5) is 5.69 Å². The molecule has 10 heteroatoms. The summed E-state index contributed by atoms with van der Waals surface area (Å²) in [5.41, 5.74) is 3.62. The van der Waals surface area contributed by atoms with Gasteiger partial charge in [0.25, 0.3) is 5.91 Å². The normalized spacial score (nSPS) is 10.5. The minimum absolute atomic E-state index is 0.0451. The van der Waals surface area contributed by atoms with E-state index in [1.165, 1.54) is 19.2 Å². The smallest absolute Gasteiger partial charge is 0.323 e. The van der Waals surface area contributed by atoms with Crippen LogP contribution in [0.25, 0.3) is 0 Å². The van der Waals surface area contributed by atoms with E-state index in [9.17, 15) is 19.7 Å². The van der Waals surface area contributed by atoms with Crippen LogP contribution in [0, 0.1) is 24.0 Å². The molecule has 0 aliphatic rings. The number of nitrogens with zero attached hydrogens (tertiary/aromatic N) is 2. The van der Waals surface area contributed by atoms with Gasteiger partial charge in [-0.1, -0.05) is 18.2 Å². The number of carbonyl (C=O) groups excluding carboxylic acids is 2. The minimum atomic E-state index is -0.695. The van der Waals surface area contributed by atoms with Crippen LogP contribution in [0.15, 0.2) is 35.4 Å². The van der Waals surface area contributed by atoms with Crippen molar-refractivity contribution in [2.75, 3.05) is 13.7 Å². The molecule has 0 radical (unpaired) electrons. The number of hydrazone groups is 1. The molecule has 2 aromatic rings. The van der Waals surface area contributed by atoms with Crippen LogP contribution in [0.2, 0.25) is 0 Å². The maximum Gasteiger partial charge on any atom is 0.323 e. The lowest BCUT2D eigenvalue weighted by atomic mass is 10.1. The molecule has 0 spiro atoms. The van der Waals surface area contributed by atoms with Crippen molar-refractivity contribution in [3.8, 4) is 17.2 Å². The number of para-hydroxylation sites is 1. The zero-order chi connectivity index (χ0) is 22.3. The predicted molar refractivity (Wildman–Crippen MR) is 108 cm³/mol. The molecule has 0 aromatic heterocycles. The van der Waals surface area contributed by atoms with E-state index in [-0.39, 0.29) is 23.7 Å². The molecule has 0 atom stereocenters. The number of hydrogen-bond acceptors (Lipinski definition) is 8. The average molecular weight is 415 g/mol. The van der Waals surface area contributed by atoms with E-state index < -0.39 is 22.5 Å². The van der Waals surface area contributed by atoms with Gasteiger partial charge in [-0.25, -0.2) is 5.43 Å². The maximum absolute atomic E-state index is 12.0. The average Bonchev–Trinajstić information content (AvgIpc) is 2.67. The fourth-order valence-corrected chi connectivity index (χ4v) is 2.66. The van der Waals surface area contributed by atoms with Crippen LogP contribution in [-0.2, 0) is 9.59 Å². The number of amides is 1. The van der Waals surface area contributed by atoms with Gasteiger partial charge in [0.05, 0.1) is 23.8 Å². The summed E-state index contributed by atoms with van der Waals surface area (Å²) < 4.78 is 15.5. The van der Waals surface area contributed by atoms with Crippen LogP contribution in [-0.4, -0.2) is 36.7 Å². The van der Waals surface area contributed by atoms with Gasteiger partial charge in [-0.2, -0.15) is 5.10 Å². The number of carbonyl (C=O) groups is 2. The molecule has 10 nitrogen and oxygen atoms in total. The van der Waals surface area contributed by atoms with Crippen LogP contribution in [0.1, 0.15) is 23.6 Å². The first-order chi connectivity index (χ1) is 14.2. The van der Waals surface area contributed by atoms with Crippen molar-refractivity contribution in [1.82, 2.24) is 5.43 Å². The summed E-state index contributed by atoms with van der Waals surface area (Å²) in [5, 5.41) is 15.2. The largest absolute Gasteiger partial charge is 0.488 e. The number of nitro groups is 1. The van der Waals surface area contributed by atoms with Crippen LogP contribution < -0.4 is 19.6 Å². The molecule has 0 saturated carbocycles. The first-order valence-corrected chi connectivity index (χ1v) is 8.79. The lowest BCUT2D eigenvalue weighted by Gasteiger charge is -2.11. The topological polar surface area (TPSA) is 129 Å². The third-order valence-electron chi connectivity index (χ3n) is 3.92. The van der Waals surface area contributed by atoms with Crippen molar-refractivity contribution in [2.24, 2.45) is 5.10 Å². The van der Waals surface area contributed by atoms with E-state index in [2.05, 4.69) is 10.5 Å². The second-order valence-electron chi connectivity index (χ2n) is 6.19. The Morgan fingerprint density at radius 1 is 1.17 bits per heavy atom. The van der Waals surface area contributed by atoms with E-state index in [1.54, 1.807) is 0 Å². The Labute approximate surface area is 172 Å². The van der Waals surface area contributed by atoms with E-state index in [0.717, 1.165) is 24.3 Å². The lowest BCUT2D eigenvalue weighted by Crippen LogP contribution is -2.25. The van der Waals surface area contributed by atoms with Crippen molar-refractivity contribution >= 4 is 23.8 Å². The molecule has 0 unspecified atom stereocenters. The van der Waals surface area contributed by atoms with Crippen molar-refractivity contribution in [1.29, 1.82) is 0 Å². The van der Waals surface area contributed by atoms with Gasteiger partial charge < -0.3 is 14.2 Å². The number of esters is 1. The van der Waals surface area contributed by atoms with Crippen molar-refractivity contribution in [3.63, 3.8) is 0 Å². The quantitative estimate of drug-likeness (QED) is 0.231. The molecule has 158 valence electrons. The monoisotopic (exact) mass is 415 g/mol. The van der Waals surface area contributed by atoms with Gasteiger partial charge in [-0.05, 0) is 37.1 Å². The van der Waals surface area contributed by atoms with E-state index >= 15 is 0 Å². The molecule has 1 amide bonds. The van der Waals surface area contributed by atoms with Gasteiger partial charge in [0, 0.05) is 6.92 Å². The van der Waals surface area contributed by atoms with Crippen LogP contribution >= 0.6 is 0 Å². The number of ether oxygens (including phenoxy) is 3. The minimum Gasteiger partial charge on any atom is -0.488 e. The van der Waals surface area contributed by atoms with E-state index in [1.807, 2.05) is 32.0 Å². The van der Waals surface area contributed by atoms with Crippen LogP contribution in [0.5, 0.6) is 17.2 Å². The van der Waals surface area contributed by atoms with Crippen molar-refractivity contribution in [3.05, 3.63) is 57.1 Å². The Morgan fingerprint density at radius 2 is 1.83 bits per heavy atom. The van der Waals surface area contributed by atoms with Crippen molar-refractivity contribution in [2.45, 2.75) is 20.8 Å². The molecule has 0 bridgehead atoms. The van der Waals surface area contributed by atoms with Crippen LogP contribution in [0.3, 0.4) is 0 Å². The second-order valence-corrected chi connectivity index (χ2v) is 6.19. The summed E-state index contributed by atoms with van der Waals surface area (Å²) >= 11 is 0. The predicted octanol–water partition coefficient (Wildman–Crippen LogP) is 2.67. The number of aryl methyl sites for hydroxylation is 2. The Morgan fingerprint density at radius 3 is 2.40 bits per heavy atom. The fraction of sp³-hybridized carbons (Fsp3) is 0.250. The summed E-state index contributed by atoms with van der Waals surface area (Å²) in [6.45, 7) is 4.62. The highest BCUT2D eigenvalue weighted by Gasteiger charge is 2.25. The maximum atomic E-state index is 12.0. The molecular weight excluding hydrogens is 394 g/mol. The van der Waals surface area contributed by atoms with E-state index in [0.29, 0.717) is 5.75 Å².